The quantitative estimate of drug-likeness (QED) is 0.572. The summed E-state index contributed by atoms with van der Waals surface area (Å²) in [4.78, 5) is 28.6. The van der Waals surface area contributed by atoms with E-state index in [9.17, 15) is 14.0 Å². The lowest BCUT2D eigenvalue weighted by molar-refractivity contribution is -0.132. The van der Waals surface area contributed by atoms with Crippen LogP contribution >= 0.6 is 0 Å². The highest BCUT2D eigenvalue weighted by Crippen LogP contribution is 2.26. The van der Waals surface area contributed by atoms with E-state index >= 15 is 0 Å². The molecule has 3 aromatic rings. The van der Waals surface area contributed by atoms with E-state index in [1.165, 1.54) is 18.4 Å². The molecule has 1 aromatic heterocycles. The summed E-state index contributed by atoms with van der Waals surface area (Å²) in [5.41, 5.74) is 3.09. The molecule has 0 saturated carbocycles. The van der Waals surface area contributed by atoms with E-state index in [1.54, 1.807) is 42.2 Å². The number of nitrogens with zero attached hydrogens (tertiary/aromatic N) is 2. The van der Waals surface area contributed by atoms with Crippen LogP contribution in [-0.4, -0.2) is 30.8 Å². The van der Waals surface area contributed by atoms with Crippen molar-refractivity contribution in [2.24, 2.45) is 0 Å². The van der Waals surface area contributed by atoms with Gasteiger partial charge in [-0.25, -0.2) is 4.39 Å². The van der Waals surface area contributed by atoms with E-state index in [0.717, 1.165) is 16.8 Å². The maximum atomic E-state index is 13.6. The molecule has 7 heteroatoms. The van der Waals surface area contributed by atoms with Crippen molar-refractivity contribution in [2.75, 3.05) is 24.3 Å². The normalized spacial score (nSPS) is 10.6. The van der Waals surface area contributed by atoms with Gasteiger partial charge in [-0.15, -0.1) is 0 Å². The van der Waals surface area contributed by atoms with Crippen molar-refractivity contribution in [1.29, 1.82) is 0 Å². The van der Waals surface area contributed by atoms with E-state index in [2.05, 4.69) is 5.32 Å². The Kier molecular flexibility index (Phi) is 7.07. The molecule has 0 aliphatic carbocycles. The number of halogens is 1. The molecule has 3 rings (SSSR count). The maximum Gasteiger partial charge on any atom is 0.291 e. The minimum atomic E-state index is -0.352. The molecule has 0 unspecified atom stereocenters. The van der Waals surface area contributed by atoms with Gasteiger partial charge in [0.15, 0.2) is 5.76 Å². The number of hydrogen-bond donors (Lipinski definition) is 1. The lowest BCUT2D eigenvalue weighted by Crippen LogP contribution is -2.30. The van der Waals surface area contributed by atoms with E-state index in [-0.39, 0.29) is 23.4 Å². The lowest BCUT2D eigenvalue weighted by Gasteiger charge is -2.26. The first-order chi connectivity index (χ1) is 14.9. The Hall–Kier alpha value is -3.61. The van der Waals surface area contributed by atoms with Crippen LogP contribution in [0.5, 0.6) is 0 Å². The zero-order chi connectivity index (χ0) is 22.4. The molecule has 0 spiro atoms. The van der Waals surface area contributed by atoms with Gasteiger partial charge in [0.25, 0.3) is 5.91 Å². The summed E-state index contributed by atoms with van der Waals surface area (Å²) in [5, 5.41) is 2.82. The van der Waals surface area contributed by atoms with Crippen LogP contribution in [0.1, 0.15) is 35.0 Å². The predicted octanol–water partition coefficient (Wildman–Crippen LogP) is 4.68. The van der Waals surface area contributed by atoms with Crippen molar-refractivity contribution >= 4 is 23.2 Å². The van der Waals surface area contributed by atoms with Crippen molar-refractivity contribution in [1.82, 2.24) is 4.90 Å². The first-order valence-electron chi connectivity index (χ1n) is 10.0. The second-order valence-corrected chi connectivity index (χ2v) is 7.40. The summed E-state index contributed by atoms with van der Waals surface area (Å²) in [6, 6.07) is 15.0. The standard InChI is InChI=1S/C24H26FN3O3/c1-4-23(29)28(15-17-7-5-8-19(25)13-17)16-18-14-20(10-11-21(18)27(2)3)26-24(30)22-9-6-12-31-22/h5-14H,4,15-16H2,1-3H3,(H,26,30). The smallest absolute Gasteiger partial charge is 0.291 e. The number of hydrogen-bond acceptors (Lipinski definition) is 4. The van der Waals surface area contributed by atoms with Crippen LogP contribution in [0.2, 0.25) is 0 Å². The summed E-state index contributed by atoms with van der Waals surface area (Å²) in [6.07, 6.45) is 1.78. The van der Waals surface area contributed by atoms with Gasteiger partial charge in [0.2, 0.25) is 5.91 Å². The van der Waals surface area contributed by atoms with Gasteiger partial charge in [-0.05, 0) is 53.6 Å². The van der Waals surface area contributed by atoms with Gasteiger partial charge in [0, 0.05) is 45.0 Å². The fourth-order valence-corrected chi connectivity index (χ4v) is 3.34. The Morgan fingerprint density at radius 3 is 2.48 bits per heavy atom. The summed E-state index contributed by atoms with van der Waals surface area (Å²) in [5.74, 6) is -0.515. The Labute approximate surface area is 181 Å². The van der Waals surface area contributed by atoms with E-state index in [0.29, 0.717) is 25.2 Å². The highest BCUT2D eigenvalue weighted by molar-refractivity contribution is 6.02. The fourth-order valence-electron chi connectivity index (χ4n) is 3.34. The van der Waals surface area contributed by atoms with Crippen LogP contribution in [0.25, 0.3) is 0 Å². The zero-order valence-corrected chi connectivity index (χ0v) is 17.9. The fraction of sp³-hybridized carbons (Fsp3) is 0.250. The average Bonchev–Trinajstić information content (AvgIpc) is 3.28. The SMILES string of the molecule is CCC(=O)N(Cc1cccc(F)c1)Cc1cc(NC(=O)c2ccco2)ccc1N(C)C. The monoisotopic (exact) mass is 423 g/mol. The highest BCUT2D eigenvalue weighted by Gasteiger charge is 2.17. The second-order valence-electron chi connectivity index (χ2n) is 7.40. The van der Waals surface area contributed by atoms with E-state index in [1.807, 2.05) is 31.1 Å². The van der Waals surface area contributed by atoms with Crippen molar-refractivity contribution in [3.8, 4) is 0 Å². The summed E-state index contributed by atoms with van der Waals surface area (Å²) >= 11 is 0. The highest BCUT2D eigenvalue weighted by atomic mass is 19.1. The van der Waals surface area contributed by atoms with Crippen LogP contribution in [0.15, 0.2) is 65.3 Å². The number of carbonyl (C=O) groups is 2. The zero-order valence-electron chi connectivity index (χ0n) is 17.9. The lowest BCUT2D eigenvalue weighted by atomic mass is 10.1. The molecule has 0 bridgehead atoms. The minimum Gasteiger partial charge on any atom is -0.459 e. The van der Waals surface area contributed by atoms with Gasteiger partial charge in [-0.3, -0.25) is 9.59 Å². The van der Waals surface area contributed by atoms with Crippen LogP contribution < -0.4 is 10.2 Å². The number of amides is 2. The minimum absolute atomic E-state index is 0.0426. The average molecular weight is 423 g/mol. The van der Waals surface area contributed by atoms with Gasteiger partial charge >= 0.3 is 0 Å². The number of furan rings is 1. The third-order valence-electron chi connectivity index (χ3n) is 4.84. The molecule has 6 nitrogen and oxygen atoms in total. The largest absolute Gasteiger partial charge is 0.459 e. The topological polar surface area (TPSA) is 65.8 Å². The van der Waals surface area contributed by atoms with Crippen LogP contribution in [0.3, 0.4) is 0 Å². The van der Waals surface area contributed by atoms with Gasteiger partial charge in [0.05, 0.1) is 6.26 Å². The Morgan fingerprint density at radius 1 is 1.03 bits per heavy atom. The van der Waals surface area contributed by atoms with Gasteiger partial charge < -0.3 is 19.5 Å². The van der Waals surface area contributed by atoms with E-state index < -0.39 is 0 Å². The molecular weight excluding hydrogens is 397 g/mol. The maximum absolute atomic E-state index is 13.6. The molecule has 0 fully saturated rings. The molecule has 162 valence electrons. The number of benzene rings is 2. The van der Waals surface area contributed by atoms with Crippen LogP contribution in [0.4, 0.5) is 15.8 Å². The van der Waals surface area contributed by atoms with Crippen LogP contribution in [-0.2, 0) is 17.9 Å². The Morgan fingerprint density at radius 2 is 1.84 bits per heavy atom. The van der Waals surface area contributed by atoms with Crippen LogP contribution in [0, 0.1) is 5.82 Å². The number of anilines is 2. The third-order valence-corrected chi connectivity index (χ3v) is 4.84. The van der Waals surface area contributed by atoms with Crippen molar-refractivity contribution < 1.29 is 18.4 Å². The number of carbonyl (C=O) groups excluding carboxylic acids is 2. The molecular formula is C24H26FN3O3. The summed E-state index contributed by atoms with van der Waals surface area (Å²) in [6.45, 7) is 2.41. The first-order valence-corrected chi connectivity index (χ1v) is 10.0. The number of rotatable bonds is 8. The van der Waals surface area contributed by atoms with Gasteiger partial charge in [0.1, 0.15) is 5.82 Å². The van der Waals surface area contributed by atoms with Gasteiger partial charge in [-0.2, -0.15) is 0 Å². The van der Waals surface area contributed by atoms with E-state index in [4.69, 9.17) is 4.42 Å². The molecule has 0 saturated heterocycles. The molecule has 2 aromatic carbocycles. The Balaban J connectivity index is 1.87. The molecule has 0 radical (unpaired) electrons. The third kappa shape index (κ3) is 5.72. The van der Waals surface area contributed by atoms with Crippen molar-refractivity contribution in [3.05, 3.63) is 83.6 Å². The molecule has 1 heterocycles. The molecule has 2 amide bonds. The van der Waals surface area contributed by atoms with Gasteiger partial charge in [-0.1, -0.05) is 19.1 Å². The molecule has 31 heavy (non-hydrogen) atoms. The molecule has 0 aliphatic rings. The Bertz CT molecular complexity index is 1050. The summed E-state index contributed by atoms with van der Waals surface area (Å²) < 4.78 is 18.8. The van der Waals surface area contributed by atoms with Crippen molar-refractivity contribution in [2.45, 2.75) is 26.4 Å². The molecule has 1 N–H and O–H groups in total. The summed E-state index contributed by atoms with van der Waals surface area (Å²) in [7, 11) is 3.83. The molecule has 0 atom stereocenters. The van der Waals surface area contributed by atoms with Crippen molar-refractivity contribution in [3.63, 3.8) is 0 Å². The number of nitrogens with one attached hydrogen (secondary N) is 1. The second kappa shape index (κ2) is 9.93. The predicted molar refractivity (Wildman–Crippen MR) is 118 cm³/mol. The molecule has 0 aliphatic heterocycles. The first kappa shape index (κ1) is 22.1.